The fraction of sp³-hybridized carbons (Fsp3) is 0.0667. The summed E-state index contributed by atoms with van der Waals surface area (Å²) in [5.41, 5.74) is 1.09. The van der Waals surface area contributed by atoms with Gasteiger partial charge in [-0.1, -0.05) is 59.6 Å². The molecule has 0 saturated heterocycles. The molecule has 0 aliphatic carbocycles. The van der Waals surface area contributed by atoms with Crippen molar-refractivity contribution in [2.75, 3.05) is 6.61 Å². The zero-order valence-electron chi connectivity index (χ0n) is 10.0. The van der Waals surface area contributed by atoms with E-state index in [4.69, 9.17) is 27.9 Å². The minimum absolute atomic E-state index is 0.0159. The van der Waals surface area contributed by atoms with E-state index in [1.165, 1.54) is 12.1 Å². The number of rotatable bonds is 4. The average Bonchev–Trinajstić information content (AvgIpc) is 2.38. The molecule has 0 heterocycles. The smallest absolute Gasteiger partial charge is 0.157 e. The first kappa shape index (κ1) is 13.8. The standard InChI is InChI=1S/C15H12Cl2O2/c16-13-9-12(18)10-14(17)15(13)19-8-4-7-11-5-2-1-3-6-11/h1-7,9-10,18H,8H2/b7-4+. The van der Waals surface area contributed by atoms with E-state index < -0.39 is 0 Å². The summed E-state index contributed by atoms with van der Waals surface area (Å²) in [6, 6.07) is 12.7. The molecule has 2 nitrogen and oxygen atoms in total. The first-order chi connectivity index (χ1) is 9.16. The van der Waals surface area contributed by atoms with Crippen molar-refractivity contribution in [3.8, 4) is 11.5 Å². The van der Waals surface area contributed by atoms with E-state index in [1.807, 2.05) is 42.5 Å². The van der Waals surface area contributed by atoms with Crippen LogP contribution in [0.4, 0.5) is 0 Å². The van der Waals surface area contributed by atoms with Crippen molar-refractivity contribution in [1.82, 2.24) is 0 Å². The van der Waals surface area contributed by atoms with Gasteiger partial charge in [-0.3, -0.25) is 0 Å². The molecule has 0 radical (unpaired) electrons. The minimum atomic E-state index is 0.0159. The van der Waals surface area contributed by atoms with Gasteiger partial charge >= 0.3 is 0 Å². The van der Waals surface area contributed by atoms with Crippen LogP contribution >= 0.6 is 23.2 Å². The van der Waals surface area contributed by atoms with Crippen LogP contribution in [0, 0.1) is 0 Å². The van der Waals surface area contributed by atoms with Gasteiger partial charge in [-0.05, 0) is 11.6 Å². The minimum Gasteiger partial charge on any atom is -0.508 e. The van der Waals surface area contributed by atoms with Crippen LogP contribution in [0.5, 0.6) is 11.5 Å². The highest BCUT2D eigenvalue weighted by molar-refractivity contribution is 6.37. The van der Waals surface area contributed by atoms with Gasteiger partial charge in [0.05, 0.1) is 10.0 Å². The monoisotopic (exact) mass is 294 g/mol. The summed E-state index contributed by atoms with van der Waals surface area (Å²) in [5, 5.41) is 9.88. The number of phenols is 1. The van der Waals surface area contributed by atoms with E-state index in [-0.39, 0.29) is 15.8 Å². The number of ether oxygens (including phenoxy) is 1. The summed E-state index contributed by atoms with van der Waals surface area (Å²) in [6.45, 7) is 0.346. The average molecular weight is 295 g/mol. The van der Waals surface area contributed by atoms with Gasteiger partial charge in [-0.15, -0.1) is 0 Å². The Morgan fingerprint density at radius 2 is 1.68 bits per heavy atom. The lowest BCUT2D eigenvalue weighted by atomic mass is 10.2. The Balaban J connectivity index is 1.98. The fourth-order valence-electron chi connectivity index (χ4n) is 1.56. The zero-order valence-corrected chi connectivity index (χ0v) is 11.5. The maximum atomic E-state index is 9.30. The first-order valence-electron chi connectivity index (χ1n) is 5.69. The molecule has 0 aliphatic heterocycles. The predicted molar refractivity (Wildman–Crippen MR) is 79.1 cm³/mol. The summed E-state index contributed by atoms with van der Waals surface area (Å²) < 4.78 is 5.48. The first-order valence-corrected chi connectivity index (χ1v) is 6.45. The lowest BCUT2D eigenvalue weighted by Crippen LogP contribution is -1.94. The highest BCUT2D eigenvalue weighted by Gasteiger charge is 2.08. The van der Waals surface area contributed by atoms with Crippen molar-refractivity contribution in [2.24, 2.45) is 0 Å². The SMILES string of the molecule is Oc1cc(Cl)c(OC/C=C/c2ccccc2)c(Cl)c1. The molecule has 2 rings (SSSR count). The Kier molecular flexibility index (Phi) is 4.72. The molecule has 0 unspecified atom stereocenters. The number of aromatic hydroxyl groups is 1. The summed E-state index contributed by atoms with van der Waals surface area (Å²) in [4.78, 5) is 0. The fourth-order valence-corrected chi connectivity index (χ4v) is 2.15. The van der Waals surface area contributed by atoms with Crippen LogP contribution in [-0.2, 0) is 0 Å². The normalized spacial score (nSPS) is 10.8. The Morgan fingerprint density at radius 3 is 2.32 bits per heavy atom. The van der Waals surface area contributed by atoms with Gasteiger partial charge in [0.1, 0.15) is 12.4 Å². The van der Waals surface area contributed by atoms with E-state index in [9.17, 15) is 5.11 Å². The van der Waals surface area contributed by atoms with Crippen LogP contribution in [-0.4, -0.2) is 11.7 Å². The third-order valence-corrected chi connectivity index (χ3v) is 2.98. The summed E-state index contributed by atoms with van der Waals surface area (Å²) in [5.74, 6) is 0.390. The van der Waals surface area contributed by atoms with Crippen molar-refractivity contribution >= 4 is 29.3 Å². The molecule has 0 fully saturated rings. The van der Waals surface area contributed by atoms with Crippen molar-refractivity contribution in [3.05, 3.63) is 64.1 Å². The van der Waals surface area contributed by atoms with E-state index in [0.29, 0.717) is 12.4 Å². The Labute approximate surface area is 121 Å². The van der Waals surface area contributed by atoms with Gasteiger partial charge in [-0.25, -0.2) is 0 Å². The highest BCUT2D eigenvalue weighted by atomic mass is 35.5. The number of benzene rings is 2. The molecule has 0 atom stereocenters. The molecule has 2 aromatic carbocycles. The maximum absolute atomic E-state index is 9.30. The zero-order chi connectivity index (χ0) is 13.7. The number of hydrogen-bond donors (Lipinski definition) is 1. The predicted octanol–water partition coefficient (Wildman–Crippen LogP) is 4.79. The van der Waals surface area contributed by atoms with Crippen LogP contribution in [0.3, 0.4) is 0 Å². The van der Waals surface area contributed by atoms with E-state index in [2.05, 4.69) is 0 Å². The Morgan fingerprint density at radius 1 is 1.05 bits per heavy atom. The second-order valence-corrected chi connectivity index (χ2v) is 4.68. The maximum Gasteiger partial charge on any atom is 0.157 e. The third-order valence-electron chi connectivity index (χ3n) is 2.42. The third kappa shape index (κ3) is 3.91. The van der Waals surface area contributed by atoms with Gasteiger partial charge in [0.25, 0.3) is 0 Å². The summed E-state index contributed by atoms with van der Waals surface area (Å²) in [6.07, 6.45) is 3.82. The van der Waals surface area contributed by atoms with Crippen LogP contribution < -0.4 is 4.74 Å². The number of phenolic OH excluding ortho intramolecular Hbond substituents is 1. The molecule has 4 heteroatoms. The molecule has 0 aliphatic rings. The van der Waals surface area contributed by atoms with Crippen molar-refractivity contribution in [3.63, 3.8) is 0 Å². The van der Waals surface area contributed by atoms with Crippen LogP contribution in [0.25, 0.3) is 6.08 Å². The molecule has 0 spiro atoms. The molecule has 0 saturated carbocycles. The van der Waals surface area contributed by atoms with E-state index >= 15 is 0 Å². The topological polar surface area (TPSA) is 29.5 Å². The van der Waals surface area contributed by atoms with E-state index in [1.54, 1.807) is 0 Å². The van der Waals surface area contributed by atoms with Gasteiger partial charge in [0.2, 0.25) is 0 Å². The van der Waals surface area contributed by atoms with Crippen molar-refractivity contribution < 1.29 is 9.84 Å². The number of halogens is 2. The number of hydrogen-bond acceptors (Lipinski definition) is 2. The summed E-state index contributed by atoms with van der Waals surface area (Å²) in [7, 11) is 0. The van der Waals surface area contributed by atoms with Gasteiger partial charge < -0.3 is 9.84 Å². The van der Waals surface area contributed by atoms with Crippen molar-refractivity contribution in [1.29, 1.82) is 0 Å². The second-order valence-electron chi connectivity index (χ2n) is 3.86. The van der Waals surface area contributed by atoms with E-state index in [0.717, 1.165) is 5.56 Å². The largest absolute Gasteiger partial charge is 0.508 e. The van der Waals surface area contributed by atoms with Gasteiger partial charge in [-0.2, -0.15) is 0 Å². The Hall–Kier alpha value is -1.64. The highest BCUT2D eigenvalue weighted by Crippen LogP contribution is 2.36. The second kappa shape index (κ2) is 6.50. The molecule has 19 heavy (non-hydrogen) atoms. The van der Waals surface area contributed by atoms with Gasteiger partial charge in [0, 0.05) is 12.1 Å². The molecule has 0 amide bonds. The van der Waals surface area contributed by atoms with Gasteiger partial charge in [0.15, 0.2) is 5.75 Å². The molecular formula is C15H12Cl2O2. The van der Waals surface area contributed by atoms with Crippen LogP contribution in [0.2, 0.25) is 10.0 Å². The molecule has 0 aromatic heterocycles. The lowest BCUT2D eigenvalue weighted by Gasteiger charge is -2.08. The molecular weight excluding hydrogens is 283 g/mol. The lowest BCUT2D eigenvalue weighted by molar-refractivity contribution is 0.363. The molecule has 0 bridgehead atoms. The van der Waals surface area contributed by atoms with Crippen LogP contribution in [0.1, 0.15) is 5.56 Å². The Bertz CT molecular complexity index is 557. The summed E-state index contributed by atoms with van der Waals surface area (Å²) >= 11 is 11.9. The quantitative estimate of drug-likeness (QED) is 0.878. The molecule has 98 valence electrons. The van der Waals surface area contributed by atoms with Crippen LogP contribution in [0.15, 0.2) is 48.5 Å². The van der Waals surface area contributed by atoms with Crippen molar-refractivity contribution in [2.45, 2.75) is 0 Å². The molecule has 1 N–H and O–H groups in total. The molecule has 2 aromatic rings.